The van der Waals surface area contributed by atoms with Gasteiger partial charge in [0.1, 0.15) is 0 Å². The Hall–Kier alpha value is 0.310. The molecular weight excluding hydrogens is 216 g/mol. The minimum atomic E-state index is -0.143. The number of aliphatic hydroxyl groups excluding tert-OH is 1. The van der Waals surface area contributed by atoms with E-state index in [0.29, 0.717) is 5.41 Å². The van der Waals surface area contributed by atoms with E-state index in [1.165, 1.54) is 31.4 Å². The summed E-state index contributed by atoms with van der Waals surface area (Å²) < 4.78 is 0. The Labute approximate surface area is 104 Å². The first kappa shape index (κ1) is 12.8. The zero-order chi connectivity index (χ0) is 11.8. The van der Waals surface area contributed by atoms with Gasteiger partial charge < -0.3 is 5.11 Å². The van der Waals surface area contributed by atoms with Crippen molar-refractivity contribution in [2.75, 3.05) is 11.5 Å². The minimum absolute atomic E-state index is 0.143. The summed E-state index contributed by atoms with van der Waals surface area (Å²) in [5.74, 6) is 5.09. The highest BCUT2D eigenvalue weighted by atomic mass is 32.2. The first-order valence-electron chi connectivity index (χ1n) is 6.80. The fourth-order valence-electron chi connectivity index (χ4n) is 3.96. The van der Waals surface area contributed by atoms with E-state index in [4.69, 9.17) is 0 Å². The van der Waals surface area contributed by atoms with E-state index in [9.17, 15) is 5.11 Å². The molecule has 0 spiro atoms. The molecule has 2 heteroatoms. The monoisotopic (exact) mass is 242 g/mol. The van der Waals surface area contributed by atoms with Crippen LogP contribution in [0.1, 0.15) is 46.5 Å². The van der Waals surface area contributed by atoms with E-state index in [1.54, 1.807) is 0 Å². The van der Waals surface area contributed by atoms with Gasteiger partial charge in [-0.15, -0.1) is 0 Å². The van der Waals surface area contributed by atoms with Crippen molar-refractivity contribution < 1.29 is 5.11 Å². The van der Waals surface area contributed by atoms with E-state index < -0.39 is 0 Å². The van der Waals surface area contributed by atoms with Crippen LogP contribution in [0.4, 0.5) is 0 Å². The summed E-state index contributed by atoms with van der Waals surface area (Å²) in [5, 5.41) is 9.24. The molecule has 1 nitrogen and oxygen atoms in total. The first-order valence-corrected chi connectivity index (χ1v) is 7.95. The molecule has 0 heterocycles. The van der Waals surface area contributed by atoms with E-state index in [2.05, 4.69) is 13.8 Å². The number of fused-ring (bicyclic) bond motifs is 2. The summed E-state index contributed by atoms with van der Waals surface area (Å²) in [6.07, 6.45) is 5.68. The molecule has 0 radical (unpaired) electrons. The van der Waals surface area contributed by atoms with Gasteiger partial charge >= 0.3 is 0 Å². The molecule has 0 aromatic heterocycles. The first-order chi connectivity index (χ1) is 7.54. The van der Waals surface area contributed by atoms with Crippen LogP contribution < -0.4 is 0 Å². The summed E-state index contributed by atoms with van der Waals surface area (Å²) in [6, 6.07) is 0. The lowest BCUT2D eigenvalue weighted by atomic mass is 9.66. The third kappa shape index (κ3) is 2.28. The Morgan fingerprint density at radius 1 is 1.44 bits per heavy atom. The molecule has 0 amide bonds. The second kappa shape index (κ2) is 4.89. The lowest BCUT2D eigenvalue weighted by molar-refractivity contribution is 0.110. The average Bonchev–Trinajstić information content (AvgIpc) is 2.78. The van der Waals surface area contributed by atoms with Crippen molar-refractivity contribution in [2.24, 2.45) is 23.2 Å². The summed E-state index contributed by atoms with van der Waals surface area (Å²) in [7, 11) is 0. The van der Waals surface area contributed by atoms with Gasteiger partial charge in [0.05, 0.1) is 6.10 Å². The molecule has 2 bridgehead atoms. The predicted molar refractivity (Wildman–Crippen MR) is 71.7 cm³/mol. The van der Waals surface area contributed by atoms with Gasteiger partial charge in [0.15, 0.2) is 0 Å². The zero-order valence-corrected chi connectivity index (χ0v) is 11.7. The van der Waals surface area contributed by atoms with Gasteiger partial charge in [0, 0.05) is 5.75 Å². The fraction of sp³-hybridized carbons (Fsp3) is 1.00. The number of hydrogen-bond acceptors (Lipinski definition) is 2. The van der Waals surface area contributed by atoms with Crippen LogP contribution in [0.2, 0.25) is 0 Å². The molecule has 5 unspecified atom stereocenters. The molecule has 1 N–H and O–H groups in total. The minimum Gasteiger partial charge on any atom is -0.393 e. The molecule has 0 aromatic carbocycles. The van der Waals surface area contributed by atoms with Gasteiger partial charge in [-0.2, -0.15) is 11.8 Å². The normalized spacial score (nSPS) is 43.9. The molecule has 2 fully saturated rings. The number of thioether (sulfide) groups is 1. The second-order valence-corrected chi connectivity index (χ2v) is 7.39. The van der Waals surface area contributed by atoms with E-state index >= 15 is 0 Å². The van der Waals surface area contributed by atoms with Gasteiger partial charge in [-0.3, -0.25) is 0 Å². The smallest absolute Gasteiger partial charge is 0.0602 e. The van der Waals surface area contributed by atoms with Crippen molar-refractivity contribution >= 4 is 11.8 Å². The van der Waals surface area contributed by atoms with Gasteiger partial charge in [-0.1, -0.05) is 13.8 Å². The van der Waals surface area contributed by atoms with Crippen LogP contribution in [-0.4, -0.2) is 22.7 Å². The molecule has 2 aliphatic rings. The lowest BCUT2D eigenvalue weighted by Gasteiger charge is -2.39. The fourth-order valence-corrected chi connectivity index (χ4v) is 5.05. The summed E-state index contributed by atoms with van der Waals surface area (Å²) in [6.45, 7) is 6.88. The third-order valence-electron chi connectivity index (χ3n) is 5.30. The van der Waals surface area contributed by atoms with Crippen LogP contribution >= 0.6 is 11.8 Å². The highest BCUT2D eigenvalue weighted by molar-refractivity contribution is 7.99. The van der Waals surface area contributed by atoms with Gasteiger partial charge in [-0.25, -0.2) is 0 Å². The Kier molecular flexibility index (Phi) is 3.90. The van der Waals surface area contributed by atoms with Crippen LogP contribution in [0, 0.1) is 23.2 Å². The number of hydrogen-bond donors (Lipinski definition) is 1. The lowest BCUT2D eigenvalue weighted by Crippen LogP contribution is -2.32. The maximum atomic E-state index is 9.24. The van der Waals surface area contributed by atoms with Crippen LogP contribution in [0.5, 0.6) is 0 Å². The van der Waals surface area contributed by atoms with Gasteiger partial charge in [-0.05, 0) is 61.5 Å². The summed E-state index contributed by atoms with van der Waals surface area (Å²) in [4.78, 5) is 0. The Morgan fingerprint density at radius 2 is 2.19 bits per heavy atom. The standard InChI is InChI=1S/C14H26OS/c1-10(15)9-16-7-6-14(3)11(2)12-4-5-13(14)8-12/h10-13,15H,4-9H2,1-3H3. The summed E-state index contributed by atoms with van der Waals surface area (Å²) in [5.41, 5.74) is 0.606. The maximum Gasteiger partial charge on any atom is 0.0602 e. The average molecular weight is 242 g/mol. The molecule has 0 saturated heterocycles. The molecular formula is C14H26OS. The highest BCUT2D eigenvalue weighted by Crippen LogP contribution is 2.60. The number of aliphatic hydroxyl groups is 1. The quantitative estimate of drug-likeness (QED) is 0.744. The molecule has 2 saturated carbocycles. The van der Waals surface area contributed by atoms with E-state index in [-0.39, 0.29) is 6.10 Å². The van der Waals surface area contributed by atoms with Gasteiger partial charge in [0.25, 0.3) is 0 Å². The molecule has 0 aromatic rings. The van der Waals surface area contributed by atoms with Crippen molar-refractivity contribution in [3.8, 4) is 0 Å². The SMILES string of the molecule is CC(O)CSCCC1(C)C2CCC(C2)C1C. The van der Waals surface area contributed by atoms with Gasteiger partial charge in [0.2, 0.25) is 0 Å². The van der Waals surface area contributed by atoms with Crippen molar-refractivity contribution in [2.45, 2.75) is 52.6 Å². The second-order valence-electron chi connectivity index (χ2n) is 6.24. The molecule has 5 atom stereocenters. The Morgan fingerprint density at radius 3 is 2.75 bits per heavy atom. The third-order valence-corrected chi connectivity index (χ3v) is 6.51. The zero-order valence-electron chi connectivity index (χ0n) is 10.9. The summed E-state index contributed by atoms with van der Waals surface area (Å²) >= 11 is 1.93. The van der Waals surface area contributed by atoms with Crippen molar-refractivity contribution in [1.29, 1.82) is 0 Å². The molecule has 0 aliphatic heterocycles. The predicted octanol–water partition coefficient (Wildman–Crippen LogP) is 3.56. The Bertz CT molecular complexity index is 237. The topological polar surface area (TPSA) is 20.2 Å². The number of rotatable bonds is 5. The maximum absolute atomic E-state index is 9.24. The van der Waals surface area contributed by atoms with Crippen LogP contribution in [0.3, 0.4) is 0 Å². The van der Waals surface area contributed by atoms with Crippen LogP contribution in [0.15, 0.2) is 0 Å². The van der Waals surface area contributed by atoms with Crippen molar-refractivity contribution in [3.63, 3.8) is 0 Å². The van der Waals surface area contributed by atoms with E-state index in [1.807, 2.05) is 18.7 Å². The molecule has 16 heavy (non-hydrogen) atoms. The highest BCUT2D eigenvalue weighted by Gasteiger charge is 2.52. The molecule has 94 valence electrons. The van der Waals surface area contributed by atoms with Crippen LogP contribution in [0.25, 0.3) is 0 Å². The largest absolute Gasteiger partial charge is 0.393 e. The van der Waals surface area contributed by atoms with Crippen LogP contribution in [-0.2, 0) is 0 Å². The van der Waals surface area contributed by atoms with E-state index in [0.717, 1.165) is 23.5 Å². The molecule has 2 rings (SSSR count). The Balaban J connectivity index is 1.80. The van der Waals surface area contributed by atoms with Crippen molar-refractivity contribution in [1.82, 2.24) is 0 Å². The van der Waals surface area contributed by atoms with Crippen molar-refractivity contribution in [3.05, 3.63) is 0 Å². The molecule has 2 aliphatic carbocycles.